The normalized spacial score (nSPS) is 11.2. The van der Waals surface area contributed by atoms with Crippen LogP contribution in [0, 0.1) is 5.82 Å². The van der Waals surface area contributed by atoms with Crippen molar-refractivity contribution in [3.63, 3.8) is 0 Å². The number of rotatable bonds is 10. The highest BCUT2D eigenvalue weighted by molar-refractivity contribution is 7.16. The highest BCUT2D eigenvalue weighted by Crippen LogP contribution is 2.22. The quantitative estimate of drug-likeness (QED) is 0.334. The summed E-state index contributed by atoms with van der Waals surface area (Å²) in [5.74, 6) is -0.428. The van der Waals surface area contributed by atoms with Crippen LogP contribution in [0.15, 0.2) is 54.1 Å². The van der Waals surface area contributed by atoms with Gasteiger partial charge in [0, 0.05) is 17.7 Å². The van der Waals surface area contributed by atoms with Gasteiger partial charge in [0.25, 0.3) is 5.91 Å². The predicted octanol–water partition coefficient (Wildman–Crippen LogP) is 5.88. The van der Waals surface area contributed by atoms with Crippen LogP contribution in [0.2, 0.25) is 0 Å². The van der Waals surface area contributed by atoms with E-state index in [2.05, 4.69) is 16.4 Å². The van der Waals surface area contributed by atoms with Gasteiger partial charge in [0.15, 0.2) is 11.6 Å². The monoisotopic (exact) mass is 412 g/mol. The number of fused-ring (bicyclic) bond motifs is 1. The zero-order chi connectivity index (χ0) is 20.5. The van der Waals surface area contributed by atoms with Crippen molar-refractivity contribution in [3.05, 3.63) is 71.0 Å². The van der Waals surface area contributed by atoms with E-state index >= 15 is 0 Å². The number of carbonyl (C=O) groups is 1. The molecule has 3 rings (SSSR count). The molecule has 4 nitrogen and oxygen atoms in total. The smallest absolute Gasteiger partial charge is 0.251 e. The van der Waals surface area contributed by atoms with E-state index in [4.69, 9.17) is 4.74 Å². The first-order valence-corrected chi connectivity index (χ1v) is 10.7. The molecule has 0 aliphatic carbocycles. The molecule has 0 saturated heterocycles. The number of nitrogens with one attached hydrogen (secondary N) is 1. The number of carbonyl (C=O) groups excluding carboxylic acids is 1. The first-order valence-electron chi connectivity index (χ1n) is 9.82. The third kappa shape index (κ3) is 5.87. The lowest BCUT2D eigenvalue weighted by Crippen LogP contribution is -2.23. The molecule has 0 aliphatic rings. The molecule has 6 heteroatoms. The third-order valence-corrected chi connectivity index (χ3v) is 5.38. The van der Waals surface area contributed by atoms with E-state index in [-0.39, 0.29) is 18.2 Å². The minimum absolute atomic E-state index is 0.103. The van der Waals surface area contributed by atoms with Gasteiger partial charge in [0.05, 0.1) is 22.3 Å². The van der Waals surface area contributed by atoms with Gasteiger partial charge in [0.1, 0.15) is 0 Å². The molecule has 152 valence electrons. The van der Waals surface area contributed by atoms with Crippen LogP contribution in [0.25, 0.3) is 10.2 Å². The SMILES string of the molecule is CC=CCCCCCOc1cccc(CNC(=O)c2ccc3ncsc3c2)c1F. The minimum Gasteiger partial charge on any atom is -0.491 e. The Labute approximate surface area is 174 Å². The molecular formula is C23H25FN2O2S. The van der Waals surface area contributed by atoms with Crippen LogP contribution in [0.4, 0.5) is 4.39 Å². The zero-order valence-corrected chi connectivity index (χ0v) is 17.3. The van der Waals surface area contributed by atoms with Gasteiger partial charge in [-0.2, -0.15) is 0 Å². The van der Waals surface area contributed by atoms with E-state index in [1.807, 2.05) is 19.1 Å². The van der Waals surface area contributed by atoms with Gasteiger partial charge >= 0.3 is 0 Å². The number of nitrogens with zero attached hydrogens (tertiary/aromatic N) is 1. The van der Waals surface area contributed by atoms with Crippen LogP contribution in [0.1, 0.15) is 48.5 Å². The summed E-state index contributed by atoms with van der Waals surface area (Å²) >= 11 is 1.48. The second kappa shape index (κ2) is 10.7. The van der Waals surface area contributed by atoms with Crippen molar-refractivity contribution in [2.45, 2.75) is 39.2 Å². The molecule has 0 aliphatic heterocycles. The van der Waals surface area contributed by atoms with Crippen molar-refractivity contribution in [3.8, 4) is 5.75 Å². The summed E-state index contributed by atoms with van der Waals surface area (Å²) in [5, 5.41) is 2.78. The second-order valence-electron chi connectivity index (χ2n) is 6.71. The molecule has 1 N–H and O–H groups in total. The molecular weight excluding hydrogens is 387 g/mol. The van der Waals surface area contributed by atoms with Crippen molar-refractivity contribution >= 4 is 27.5 Å². The Hall–Kier alpha value is -2.73. The van der Waals surface area contributed by atoms with Crippen molar-refractivity contribution in [2.75, 3.05) is 6.61 Å². The summed E-state index contributed by atoms with van der Waals surface area (Å²) in [6.07, 6.45) is 8.30. The van der Waals surface area contributed by atoms with Gasteiger partial charge < -0.3 is 10.1 Å². The number of hydrogen-bond acceptors (Lipinski definition) is 4. The molecule has 1 amide bonds. The average Bonchev–Trinajstić information content (AvgIpc) is 3.21. The predicted molar refractivity (Wildman–Crippen MR) is 116 cm³/mol. The van der Waals surface area contributed by atoms with Gasteiger partial charge in [-0.05, 0) is 56.9 Å². The summed E-state index contributed by atoms with van der Waals surface area (Å²) in [6, 6.07) is 10.4. The molecule has 0 radical (unpaired) electrons. The maximum absolute atomic E-state index is 14.7. The Morgan fingerprint density at radius 2 is 2.14 bits per heavy atom. The maximum atomic E-state index is 14.7. The summed E-state index contributed by atoms with van der Waals surface area (Å²) in [5.41, 5.74) is 3.55. The minimum atomic E-state index is -0.417. The summed E-state index contributed by atoms with van der Waals surface area (Å²) in [6.45, 7) is 2.60. The third-order valence-electron chi connectivity index (χ3n) is 4.58. The van der Waals surface area contributed by atoms with Gasteiger partial charge in [-0.25, -0.2) is 9.37 Å². The van der Waals surface area contributed by atoms with Crippen molar-refractivity contribution in [1.29, 1.82) is 0 Å². The van der Waals surface area contributed by atoms with Crippen LogP contribution in [-0.2, 0) is 6.54 Å². The fraction of sp³-hybridized carbons (Fsp3) is 0.304. The molecule has 1 heterocycles. The van der Waals surface area contributed by atoms with Crippen molar-refractivity contribution in [1.82, 2.24) is 10.3 Å². The molecule has 0 spiro atoms. The fourth-order valence-corrected chi connectivity index (χ4v) is 3.68. The molecule has 29 heavy (non-hydrogen) atoms. The highest BCUT2D eigenvalue weighted by Gasteiger charge is 2.12. The van der Waals surface area contributed by atoms with Crippen molar-refractivity contribution in [2.24, 2.45) is 0 Å². The van der Waals surface area contributed by atoms with Gasteiger partial charge in [-0.15, -0.1) is 11.3 Å². The highest BCUT2D eigenvalue weighted by atomic mass is 32.1. The lowest BCUT2D eigenvalue weighted by Gasteiger charge is -2.11. The number of thiazole rings is 1. The standard InChI is InChI=1S/C23H25FN2O2S/c1-2-3-4-5-6-7-13-28-20-10-8-9-18(22(20)24)15-25-23(27)17-11-12-19-21(14-17)29-16-26-19/h2-3,8-12,14,16H,4-7,13,15H2,1H3,(H,25,27). The molecule has 0 unspecified atom stereocenters. The fourth-order valence-electron chi connectivity index (χ4n) is 2.97. The molecule has 0 bridgehead atoms. The van der Waals surface area contributed by atoms with E-state index in [0.717, 1.165) is 35.9 Å². The summed E-state index contributed by atoms with van der Waals surface area (Å²) in [4.78, 5) is 16.6. The first kappa shape index (κ1) is 21.0. The molecule has 3 aromatic rings. The van der Waals surface area contributed by atoms with Gasteiger partial charge in [-0.1, -0.05) is 24.3 Å². The molecule has 2 aromatic carbocycles. The Kier molecular flexibility index (Phi) is 7.76. The van der Waals surface area contributed by atoms with Crippen LogP contribution in [0.5, 0.6) is 5.75 Å². The Morgan fingerprint density at radius 3 is 3.00 bits per heavy atom. The number of hydrogen-bond donors (Lipinski definition) is 1. The number of ether oxygens (including phenoxy) is 1. The van der Waals surface area contributed by atoms with Crippen LogP contribution in [-0.4, -0.2) is 17.5 Å². The van der Waals surface area contributed by atoms with E-state index in [1.54, 1.807) is 35.8 Å². The number of unbranched alkanes of at least 4 members (excludes halogenated alkanes) is 3. The number of allylic oxidation sites excluding steroid dienone is 2. The van der Waals surface area contributed by atoms with E-state index in [1.165, 1.54) is 11.3 Å². The molecule has 0 fully saturated rings. The Balaban J connectivity index is 1.51. The van der Waals surface area contributed by atoms with E-state index in [9.17, 15) is 9.18 Å². The molecule has 1 aromatic heterocycles. The topological polar surface area (TPSA) is 51.2 Å². The largest absolute Gasteiger partial charge is 0.491 e. The van der Waals surface area contributed by atoms with Crippen LogP contribution in [0.3, 0.4) is 0 Å². The number of amides is 1. The number of halogens is 1. The van der Waals surface area contributed by atoms with E-state index in [0.29, 0.717) is 17.7 Å². The van der Waals surface area contributed by atoms with E-state index < -0.39 is 5.82 Å². The van der Waals surface area contributed by atoms with Crippen molar-refractivity contribution < 1.29 is 13.9 Å². The average molecular weight is 413 g/mol. The number of aromatic nitrogens is 1. The summed E-state index contributed by atoms with van der Waals surface area (Å²) in [7, 11) is 0. The Morgan fingerprint density at radius 1 is 1.24 bits per heavy atom. The lowest BCUT2D eigenvalue weighted by molar-refractivity contribution is 0.0950. The van der Waals surface area contributed by atoms with Crippen LogP contribution < -0.4 is 10.1 Å². The maximum Gasteiger partial charge on any atom is 0.251 e. The zero-order valence-electron chi connectivity index (χ0n) is 16.5. The summed E-state index contributed by atoms with van der Waals surface area (Å²) < 4.78 is 21.2. The molecule has 0 saturated carbocycles. The first-order chi connectivity index (χ1) is 14.2. The van der Waals surface area contributed by atoms with Gasteiger partial charge in [0.2, 0.25) is 0 Å². The van der Waals surface area contributed by atoms with Crippen LogP contribution >= 0.6 is 11.3 Å². The lowest BCUT2D eigenvalue weighted by atomic mass is 10.1. The number of benzene rings is 2. The molecule has 0 atom stereocenters. The second-order valence-corrected chi connectivity index (χ2v) is 7.60. The Bertz CT molecular complexity index is 984. The van der Waals surface area contributed by atoms with Gasteiger partial charge in [-0.3, -0.25) is 4.79 Å².